The summed E-state index contributed by atoms with van der Waals surface area (Å²) in [7, 11) is 0. The molecule has 0 saturated heterocycles. The minimum absolute atomic E-state index is 0.193. The molecule has 24 heavy (non-hydrogen) atoms. The zero-order chi connectivity index (χ0) is 16.9. The Labute approximate surface area is 154 Å². The number of nitrogens with one attached hydrogen (secondary N) is 1. The summed E-state index contributed by atoms with van der Waals surface area (Å²) in [5, 5.41) is 3.78. The van der Waals surface area contributed by atoms with Crippen molar-refractivity contribution >= 4 is 61.4 Å². The molecule has 1 aromatic heterocycles. The topological polar surface area (TPSA) is 54.4 Å². The maximum atomic E-state index is 13.5. The number of carbonyl (C=O) groups is 1. The Morgan fingerprint density at radius 3 is 3.04 bits per heavy atom. The number of fused-ring (bicyclic) bond motifs is 1. The Kier molecular flexibility index (Phi) is 5.60. The zero-order valence-corrected chi connectivity index (χ0v) is 15.4. The Morgan fingerprint density at radius 2 is 2.21 bits per heavy atom. The maximum Gasteiger partial charge on any atom is 0.250 e. The van der Waals surface area contributed by atoms with Gasteiger partial charge in [-0.1, -0.05) is 39.8 Å². The molecule has 0 atom stereocenters. The van der Waals surface area contributed by atoms with Gasteiger partial charge in [-0.15, -0.1) is 11.3 Å². The normalized spacial score (nSPS) is 11.2. The number of hydrogen-bond acceptors (Lipinski definition) is 5. The summed E-state index contributed by atoms with van der Waals surface area (Å²) in [5.74, 6) is -0.482. The average molecular weight is 424 g/mol. The highest BCUT2D eigenvalue weighted by Gasteiger charge is 2.07. The molecule has 0 aliphatic heterocycles. The molecule has 2 aromatic carbocycles. The molecule has 1 N–H and O–H groups in total. The molecule has 0 fully saturated rings. The van der Waals surface area contributed by atoms with Gasteiger partial charge in [0.25, 0.3) is 5.91 Å². The highest BCUT2D eigenvalue weighted by Crippen LogP contribution is 2.28. The second-order valence-electron chi connectivity index (χ2n) is 4.70. The third-order valence-corrected chi connectivity index (χ3v) is 5.62. The first-order valence-electron chi connectivity index (χ1n) is 6.87. The fourth-order valence-corrected chi connectivity index (χ4v) is 4.10. The Hall–Kier alpha value is -1.77. The van der Waals surface area contributed by atoms with Crippen molar-refractivity contribution in [3.8, 4) is 0 Å². The fraction of sp³-hybridized carbons (Fsp3) is 0.0625. The molecule has 0 radical (unpaired) electrons. The first-order valence-corrected chi connectivity index (χ1v) is 9.46. The lowest BCUT2D eigenvalue weighted by Crippen LogP contribution is -2.19. The number of hydrazone groups is 1. The molecule has 0 bridgehead atoms. The van der Waals surface area contributed by atoms with E-state index in [1.807, 2.05) is 24.3 Å². The van der Waals surface area contributed by atoms with Crippen LogP contribution in [0.15, 0.2) is 56.4 Å². The van der Waals surface area contributed by atoms with Gasteiger partial charge in [-0.3, -0.25) is 4.79 Å². The molecule has 0 aliphatic carbocycles. The van der Waals surface area contributed by atoms with Crippen molar-refractivity contribution in [2.45, 2.75) is 4.34 Å². The van der Waals surface area contributed by atoms with Gasteiger partial charge in [-0.05, 0) is 30.3 Å². The molecule has 3 rings (SSSR count). The Balaban J connectivity index is 1.54. The number of para-hydroxylation sites is 1. The average Bonchev–Trinajstić information content (AvgIpc) is 2.99. The molecular weight excluding hydrogens is 413 g/mol. The molecule has 1 heterocycles. The van der Waals surface area contributed by atoms with Crippen LogP contribution in [0.3, 0.4) is 0 Å². The van der Waals surface area contributed by atoms with Crippen LogP contribution in [0.2, 0.25) is 0 Å². The summed E-state index contributed by atoms with van der Waals surface area (Å²) in [6.45, 7) is 0. The highest BCUT2D eigenvalue weighted by atomic mass is 79.9. The summed E-state index contributed by atoms with van der Waals surface area (Å²) in [5.41, 5.74) is 3.61. The number of hydrogen-bond donors (Lipinski definition) is 1. The molecular formula is C16H11BrFN3OS2. The van der Waals surface area contributed by atoms with Crippen LogP contribution in [0, 0.1) is 5.82 Å². The van der Waals surface area contributed by atoms with Crippen molar-refractivity contribution in [3.05, 3.63) is 58.3 Å². The van der Waals surface area contributed by atoms with E-state index in [0.717, 1.165) is 19.0 Å². The van der Waals surface area contributed by atoms with Gasteiger partial charge in [0, 0.05) is 10.0 Å². The molecule has 0 spiro atoms. The van der Waals surface area contributed by atoms with E-state index >= 15 is 0 Å². The summed E-state index contributed by atoms with van der Waals surface area (Å²) in [6, 6.07) is 12.3. The third kappa shape index (κ3) is 4.40. The van der Waals surface area contributed by atoms with E-state index < -0.39 is 5.82 Å². The Bertz CT molecular complexity index is 880. The molecule has 4 nitrogen and oxygen atoms in total. The van der Waals surface area contributed by atoms with Crippen molar-refractivity contribution in [3.63, 3.8) is 0 Å². The van der Waals surface area contributed by atoms with Gasteiger partial charge in [-0.2, -0.15) is 5.10 Å². The number of benzene rings is 2. The second-order valence-corrected chi connectivity index (χ2v) is 7.86. The summed E-state index contributed by atoms with van der Waals surface area (Å²) in [6.07, 6.45) is 1.28. The number of thiazole rings is 1. The lowest BCUT2D eigenvalue weighted by Gasteiger charge is -1.99. The van der Waals surface area contributed by atoms with Gasteiger partial charge in [0.1, 0.15) is 5.82 Å². The van der Waals surface area contributed by atoms with Gasteiger partial charge >= 0.3 is 0 Å². The number of amides is 1. The molecule has 0 saturated carbocycles. The summed E-state index contributed by atoms with van der Waals surface area (Å²) in [4.78, 5) is 16.2. The van der Waals surface area contributed by atoms with Crippen LogP contribution in [-0.2, 0) is 4.79 Å². The summed E-state index contributed by atoms with van der Waals surface area (Å²) < 4.78 is 16.2. The molecule has 3 aromatic rings. The van der Waals surface area contributed by atoms with E-state index in [1.54, 1.807) is 23.5 Å². The van der Waals surface area contributed by atoms with E-state index in [9.17, 15) is 9.18 Å². The van der Waals surface area contributed by atoms with Crippen molar-refractivity contribution in [2.24, 2.45) is 5.10 Å². The van der Waals surface area contributed by atoms with E-state index in [1.165, 1.54) is 24.0 Å². The van der Waals surface area contributed by atoms with Crippen LogP contribution in [0.5, 0.6) is 0 Å². The number of carbonyl (C=O) groups excluding carboxylic acids is 1. The minimum atomic E-state index is -0.403. The van der Waals surface area contributed by atoms with Gasteiger partial charge < -0.3 is 0 Å². The molecule has 0 aliphatic rings. The van der Waals surface area contributed by atoms with Gasteiger partial charge in [0.15, 0.2) is 4.34 Å². The van der Waals surface area contributed by atoms with E-state index in [4.69, 9.17) is 0 Å². The number of rotatable bonds is 5. The Morgan fingerprint density at radius 1 is 1.38 bits per heavy atom. The quantitative estimate of drug-likeness (QED) is 0.374. The number of halogens is 2. The van der Waals surface area contributed by atoms with Crippen LogP contribution in [0.1, 0.15) is 5.56 Å². The van der Waals surface area contributed by atoms with Crippen molar-refractivity contribution in [2.75, 3.05) is 5.75 Å². The van der Waals surface area contributed by atoms with E-state index in [-0.39, 0.29) is 11.7 Å². The SMILES string of the molecule is O=C(CSc1nc2ccccc2s1)NN=Cc1cc(Br)ccc1F. The molecule has 0 unspecified atom stereocenters. The summed E-state index contributed by atoms with van der Waals surface area (Å²) >= 11 is 6.15. The fourth-order valence-electron chi connectivity index (χ4n) is 1.86. The molecule has 1 amide bonds. The number of aromatic nitrogens is 1. The zero-order valence-electron chi connectivity index (χ0n) is 12.2. The van der Waals surface area contributed by atoms with E-state index in [2.05, 4.69) is 31.4 Å². The largest absolute Gasteiger partial charge is 0.272 e. The van der Waals surface area contributed by atoms with Gasteiger partial charge in [0.05, 0.1) is 22.2 Å². The number of nitrogens with zero attached hydrogens (tertiary/aromatic N) is 2. The second kappa shape index (κ2) is 7.87. The first-order chi connectivity index (χ1) is 11.6. The van der Waals surface area contributed by atoms with Crippen molar-refractivity contribution < 1.29 is 9.18 Å². The predicted molar refractivity (Wildman–Crippen MR) is 100 cm³/mol. The van der Waals surface area contributed by atoms with Crippen molar-refractivity contribution in [1.82, 2.24) is 10.4 Å². The van der Waals surface area contributed by atoms with Crippen LogP contribution < -0.4 is 5.43 Å². The standard InChI is InChI=1S/C16H11BrFN3OS2/c17-11-5-6-12(18)10(7-11)8-19-21-15(22)9-23-16-20-13-3-1-2-4-14(13)24-16/h1-8H,9H2,(H,21,22). The minimum Gasteiger partial charge on any atom is -0.272 e. The third-order valence-electron chi connectivity index (χ3n) is 2.95. The van der Waals surface area contributed by atoms with E-state index in [0.29, 0.717) is 5.56 Å². The first kappa shape index (κ1) is 17.1. The number of thioether (sulfide) groups is 1. The lowest BCUT2D eigenvalue weighted by molar-refractivity contribution is -0.118. The van der Waals surface area contributed by atoms with Crippen LogP contribution >= 0.6 is 39.0 Å². The van der Waals surface area contributed by atoms with Gasteiger partial charge in [-0.25, -0.2) is 14.8 Å². The predicted octanol–water partition coefficient (Wildman–Crippen LogP) is 4.44. The van der Waals surface area contributed by atoms with Crippen LogP contribution in [0.25, 0.3) is 10.2 Å². The molecule has 122 valence electrons. The van der Waals surface area contributed by atoms with Crippen LogP contribution in [-0.4, -0.2) is 22.9 Å². The van der Waals surface area contributed by atoms with Crippen LogP contribution in [0.4, 0.5) is 4.39 Å². The van der Waals surface area contributed by atoms with Crippen molar-refractivity contribution in [1.29, 1.82) is 0 Å². The smallest absolute Gasteiger partial charge is 0.250 e. The van der Waals surface area contributed by atoms with Gasteiger partial charge in [0.2, 0.25) is 0 Å². The monoisotopic (exact) mass is 423 g/mol. The lowest BCUT2D eigenvalue weighted by atomic mass is 10.2. The highest BCUT2D eigenvalue weighted by molar-refractivity contribution is 9.10. The maximum absolute atomic E-state index is 13.5. The molecule has 8 heteroatoms.